The Morgan fingerprint density at radius 2 is 2.05 bits per heavy atom. The molecular weight excluding hydrogens is 294 g/mol. The van der Waals surface area contributed by atoms with E-state index >= 15 is 0 Å². The molecule has 3 aromatic rings. The molecule has 21 heavy (non-hydrogen) atoms. The van der Waals surface area contributed by atoms with Crippen LogP contribution in [0.15, 0.2) is 36.4 Å². The molecule has 0 atom stereocenters. The van der Waals surface area contributed by atoms with Crippen LogP contribution in [0.1, 0.15) is 10.5 Å². The first-order chi connectivity index (χ1) is 10.2. The fourth-order valence-electron chi connectivity index (χ4n) is 1.65. The molecule has 0 radical (unpaired) electrons. The van der Waals surface area contributed by atoms with Crippen molar-refractivity contribution in [3.63, 3.8) is 0 Å². The number of aromatic amines is 1. The van der Waals surface area contributed by atoms with E-state index in [9.17, 15) is 4.79 Å². The number of anilines is 1. The van der Waals surface area contributed by atoms with Crippen molar-refractivity contribution in [2.45, 2.75) is 0 Å². The minimum atomic E-state index is -0.385. The van der Waals surface area contributed by atoms with Gasteiger partial charge in [-0.25, -0.2) is 0 Å². The molecule has 0 aliphatic rings. The van der Waals surface area contributed by atoms with Gasteiger partial charge in [-0.05, 0) is 29.5 Å². The van der Waals surface area contributed by atoms with Crippen molar-refractivity contribution in [1.82, 2.24) is 30.8 Å². The number of nitrogens with one attached hydrogen (secondary N) is 2. The Morgan fingerprint density at radius 3 is 2.76 bits per heavy atom. The fourth-order valence-corrected chi connectivity index (χ4v) is 1.75. The summed E-state index contributed by atoms with van der Waals surface area (Å²) in [6.45, 7) is 0. The number of hydrogen-bond acceptors (Lipinski definition) is 6. The molecular formula is C12H8ClN7O. The molecule has 8 nitrogen and oxygen atoms in total. The van der Waals surface area contributed by atoms with Crippen LogP contribution < -0.4 is 5.32 Å². The Kier molecular flexibility index (Phi) is 3.52. The largest absolute Gasteiger partial charge is 0.321 e. The standard InChI is InChI=1S/C12H8ClN7O/c13-10-5-4-9(15-16-10)12(21)14-8-3-1-2-7(6-8)11-17-19-20-18-11/h1-6H,(H,14,21)(H,17,18,19,20). The molecule has 2 N–H and O–H groups in total. The summed E-state index contributed by atoms with van der Waals surface area (Å²) in [4.78, 5) is 12.0. The molecule has 0 saturated carbocycles. The number of amides is 1. The molecule has 2 heterocycles. The number of benzene rings is 1. The van der Waals surface area contributed by atoms with Crippen LogP contribution in [0.2, 0.25) is 5.15 Å². The van der Waals surface area contributed by atoms with Crippen LogP contribution in [0.25, 0.3) is 11.4 Å². The van der Waals surface area contributed by atoms with E-state index in [1.165, 1.54) is 12.1 Å². The summed E-state index contributed by atoms with van der Waals surface area (Å²) >= 11 is 5.63. The number of hydrogen-bond donors (Lipinski definition) is 2. The Hall–Kier alpha value is -2.87. The number of tetrazole rings is 1. The molecule has 2 aromatic heterocycles. The van der Waals surface area contributed by atoms with Crippen LogP contribution in [0.5, 0.6) is 0 Å². The summed E-state index contributed by atoms with van der Waals surface area (Å²) in [7, 11) is 0. The first kappa shape index (κ1) is 13.1. The molecule has 0 fully saturated rings. The number of H-pyrrole nitrogens is 1. The van der Waals surface area contributed by atoms with Crippen LogP contribution in [-0.2, 0) is 0 Å². The van der Waals surface area contributed by atoms with Gasteiger partial charge in [0.25, 0.3) is 5.91 Å². The van der Waals surface area contributed by atoms with Crippen LogP contribution in [0.3, 0.4) is 0 Å². The van der Waals surface area contributed by atoms with E-state index in [0.717, 1.165) is 5.56 Å². The molecule has 0 bridgehead atoms. The zero-order valence-corrected chi connectivity index (χ0v) is 11.2. The number of carbonyl (C=O) groups excluding carboxylic acids is 1. The lowest BCUT2D eigenvalue weighted by molar-refractivity contribution is 0.102. The second-order valence-corrected chi connectivity index (χ2v) is 4.40. The van der Waals surface area contributed by atoms with E-state index in [0.29, 0.717) is 11.5 Å². The third kappa shape index (κ3) is 3.00. The minimum Gasteiger partial charge on any atom is -0.321 e. The fraction of sp³-hybridized carbons (Fsp3) is 0. The number of halogens is 1. The van der Waals surface area contributed by atoms with E-state index in [1.807, 2.05) is 6.07 Å². The summed E-state index contributed by atoms with van der Waals surface area (Å²) < 4.78 is 0. The Bertz CT molecular complexity index is 758. The van der Waals surface area contributed by atoms with Crippen molar-refractivity contribution in [1.29, 1.82) is 0 Å². The highest BCUT2D eigenvalue weighted by molar-refractivity contribution is 6.29. The van der Waals surface area contributed by atoms with Gasteiger partial charge in [-0.15, -0.1) is 20.4 Å². The lowest BCUT2D eigenvalue weighted by atomic mass is 10.2. The average molecular weight is 302 g/mol. The lowest BCUT2D eigenvalue weighted by Crippen LogP contribution is -2.14. The maximum atomic E-state index is 12.0. The molecule has 0 aliphatic heterocycles. The zero-order chi connectivity index (χ0) is 14.7. The summed E-state index contributed by atoms with van der Waals surface area (Å²) in [6.07, 6.45) is 0. The van der Waals surface area contributed by atoms with Gasteiger partial charge in [0, 0.05) is 11.3 Å². The molecule has 1 aromatic carbocycles. The third-order valence-corrected chi connectivity index (χ3v) is 2.79. The number of carbonyl (C=O) groups is 1. The van der Waals surface area contributed by atoms with Crippen molar-refractivity contribution in [3.8, 4) is 11.4 Å². The SMILES string of the molecule is O=C(Nc1cccc(-c2nn[nH]n2)c1)c1ccc(Cl)nn1. The van der Waals surface area contributed by atoms with Crippen molar-refractivity contribution in [2.75, 3.05) is 5.32 Å². The molecule has 1 amide bonds. The number of nitrogens with zero attached hydrogens (tertiary/aromatic N) is 5. The second kappa shape index (κ2) is 5.63. The smallest absolute Gasteiger partial charge is 0.276 e. The zero-order valence-electron chi connectivity index (χ0n) is 10.5. The van der Waals surface area contributed by atoms with Gasteiger partial charge in [-0.1, -0.05) is 23.7 Å². The highest BCUT2D eigenvalue weighted by Gasteiger charge is 2.10. The van der Waals surface area contributed by atoms with Crippen molar-refractivity contribution in [2.24, 2.45) is 0 Å². The predicted octanol–water partition coefficient (Wildman–Crippen LogP) is 1.56. The minimum absolute atomic E-state index is 0.171. The summed E-state index contributed by atoms with van der Waals surface area (Å²) in [5.41, 5.74) is 1.48. The van der Waals surface area contributed by atoms with E-state index in [-0.39, 0.29) is 16.8 Å². The number of rotatable bonds is 3. The van der Waals surface area contributed by atoms with Crippen LogP contribution in [0.4, 0.5) is 5.69 Å². The number of aromatic nitrogens is 6. The van der Waals surface area contributed by atoms with Gasteiger partial charge in [-0.3, -0.25) is 4.79 Å². The van der Waals surface area contributed by atoms with Gasteiger partial charge in [0.05, 0.1) is 0 Å². The maximum Gasteiger partial charge on any atom is 0.276 e. The maximum absolute atomic E-state index is 12.0. The average Bonchev–Trinajstić information content (AvgIpc) is 3.02. The first-order valence-electron chi connectivity index (χ1n) is 5.87. The van der Waals surface area contributed by atoms with Gasteiger partial charge in [0.15, 0.2) is 10.8 Å². The van der Waals surface area contributed by atoms with Crippen LogP contribution in [-0.4, -0.2) is 36.7 Å². The Morgan fingerprint density at radius 1 is 1.14 bits per heavy atom. The van der Waals surface area contributed by atoms with E-state index in [2.05, 4.69) is 36.1 Å². The quantitative estimate of drug-likeness (QED) is 0.760. The second-order valence-electron chi connectivity index (χ2n) is 4.01. The van der Waals surface area contributed by atoms with Gasteiger partial charge in [0.2, 0.25) is 5.82 Å². The molecule has 0 spiro atoms. The highest BCUT2D eigenvalue weighted by Crippen LogP contribution is 2.18. The monoisotopic (exact) mass is 301 g/mol. The molecule has 9 heteroatoms. The van der Waals surface area contributed by atoms with Gasteiger partial charge in [-0.2, -0.15) is 5.21 Å². The molecule has 0 aliphatic carbocycles. The topological polar surface area (TPSA) is 109 Å². The van der Waals surface area contributed by atoms with E-state index < -0.39 is 0 Å². The molecule has 104 valence electrons. The van der Waals surface area contributed by atoms with Gasteiger partial charge < -0.3 is 5.32 Å². The summed E-state index contributed by atoms with van der Waals surface area (Å²) in [6, 6.07) is 10.0. The van der Waals surface area contributed by atoms with Crippen molar-refractivity contribution < 1.29 is 4.79 Å². The highest BCUT2D eigenvalue weighted by atomic mass is 35.5. The first-order valence-corrected chi connectivity index (χ1v) is 6.24. The predicted molar refractivity (Wildman–Crippen MR) is 74.6 cm³/mol. The summed E-state index contributed by atoms with van der Waals surface area (Å²) in [5.74, 6) is 0.0572. The Balaban J connectivity index is 1.80. The van der Waals surface area contributed by atoms with Crippen LogP contribution in [0, 0.1) is 0 Å². The van der Waals surface area contributed by atoms with E-state index in [1.54, 1.807) is 18.2 Å². The molecule has 3 rings (SSSR count). The molecule has 0 unspecified atom stereocenters. The summed E-state index contributed by atoms with van der Waals surface area (Å²) in [5, 5.41) is 23.9. The van der Waals surface area contributed by atoms with Gasteiger partial charge in [0.1, 0.15) is 0 Å². The normalized spacial score (nSPS) is 10.3. The van der Waals surface area contributed by atoms with Crippen LogP contribution >= 0.6 is 11.6 Å². The van der Waals surface area contributed by atoms with Crippen molar-refractivity contribution >= 4 is 23.2 Å². The third-order valence-electron chi connectivity index (χ3n) is 2.59. The lowest BCUT2D eigenvalue weighted by Gasteiger charge is -2.05. The molecule has 0 saturated heterocycles. The van der Waals surface area contributed by atoms with Crippen molar-refractivity contribution in [3.05, 3.63) is 47.2 Å². The Labute approximate surface area is 123 Å². The van der Waals surface area contributed by atoms with Gasteiger partial charge >= 0.3 is 0 Å². The van der Waals surface area contributed by atoms with E-state index in [4.69, 9.17) is 11.6 Å².